The van der Waals surface area contributed by atoms with E-state index in [0.29, 0.717) is 0 Å². The highest BCUT2D eigenvalue weighted by Crippen LogP contribution is 2.22. The molecule has 5 N–H and O–H groups in total. The molecule has 0 radical (unpaired) electrons. The zero-order chi connectivity index (χ0) is 15.6. The number of amides is 1. The van der Waals surface area contributed by atoms with E-state index < -0.39 is 21.7 Å². The zero-order valence-electron chi connectivity index (χ0n) is 10.7. The fraction of sp³-hybridized carbons (Fsp3) is 0. The van der Waals surface area contributed by atoms with E-state index in [9.17, 15) is 17.6 Å². The molecule has 0 aliphatic heterocycles. The van der Waals surface area contributed by atoms with Crippen LogP contribution in [0.1, 0.15) is 10.4 Å². The van der Waals surface area contributed by atoms with Crippen molar-refractivity contribution in [3.8, 4) is 0 Å². The van der Waals surface area contributed by atoms with Crippen LogP contribution < -0.4 is 16.2 Å². The molecule has 2 aromatic carbocycles. The Hall–Kier alpha value is -2.61. The van der Waals surface area contributed by atoms with Crippen molar-refractivity contribution in [1.82, 2.24) is 0 Å². The van der Waals surface area contributed by atoms with Crippen LogP contribution in [0.3, 0.4) is 0 Å². The van der Waals surface area contributed by atoms with Crippen LogP contribution in [-0.2, 0) is 10.0 Å². The Kier molecular flexibility index (Phi) is 3.81. The van der Waals surface area contributed by atoms with Gasteiger partial charge in [-0.15, -0.1) is 0 Å². The molecule has 0 saturated carbocycles. The number of primary amides is 1. The summed E-state index contributed by atoms with van der Waals surface area (Å²) in [4.78, 5) is 10.8. The van der Waals surface area contributed by atoms with Crippen molar-refractivity contribution < 1.29 is 17.6 Å². The summed E-state index contributed by atoms with van der Waals surface area (Å²) < 4.78 is 39.6. The average molecular weight is 309 g/mol. The second-order valence-electron chi connectivity index (χ2n) is 4.23. The Labute approximate surface area is 120 Å². The molecule has 0 heterocycles. The molecule has 1 amide bonds. The Morgan fingerprint density at radius 3 is 2.48 bits per heavy atom. The SMILES string of the molecule is NC(=O)c1cccc(NS(=O)(=O)c2ccc(F)cc2N)c1. The van der Waals surface area contributed by atoms with E-state index in [4.69, 9.17) is 11.5 Å². The molecular formula is C13H12FN3O3S. The number of hydrogen-bond donors (Lipinski definition) is 3. The lowest BCUT2D eigenvalue weighted by atomic mass is 10.2. The van der Waals surface area contributed by atoms with Gasteiger partial charge in [0.05, 0.1) is 5.69 Å². The van der Waals surface area contributed by atoms with Crippen LogP contribution in [0.2, 0.25) is 0 Å². The molecule has 8 heteroatoms. The quantitative estimate of drug-likeness (QED) is 0.738. The Bertz CT molecular complexity index is 806. The summed E-state index contributed by atoms with van der Waals surface area (Å²) in [5.41, 5.74) is 10.7. The maximum absolute atomic E-state index is 13.0. The monoisotopic (exact) mass is 309 g/mol. The van der Waals surface area contributed by atoms with Crippen LogP contribution in [0.25, 0.3) is 0 Å². The molecule has 0 atom stereocenters. The standard InChI is InChI=1S/C13H12FN3O3S/c14-9-4-5-12(11(15)7-9)21(19,20)17-10-3-1-2-8(6-10)13(16)18/h1-7,17H,15H2,(H2,16,18). The number of rotatable bonds is 4. The summed E-state index contributed by atoms with van der Waals surface area (Å²) in [7, 11) is -4.00. The Morgan fingerprint density at radius 2 is 1.86 bits per heavy atom. The first-order chi connectivity index (χ1) is 9.79. The summed E-state index contributed by atoms with van der Waals surface area (Å²) in [5.74, 6) is -1.32. The van der Waals surface area contributed by atoms with Gasteiger partial charge in [0.1, 0.15) is 10.7 Å². The Morgan fingerprint density at radius 1 is 1.14 bits per heavy atom. The van der Waals surface area contributed by atoms with Crippen LogP contribution in [0.5, 0.6) is 0 Å². The van der Waals surface area contributed by atoms with E-state index in [2.05, 4.69) is 4.72 Å². The first-order valence-electron chi connectivity index (χ1n) is 5.77. The molecule has 0 aromatic heterocycles. The van der Waals surface area contributed by atoms with E-state index in [1.54, 1.807) is 0 Å². The van der Waals surface area contributed by atoms with Crippen LogP contribution in [-0.4, -0.2) is 14.3 Å². The smallest absolute Gasteiger partial charge is 0.263 e. The molecule has 21 heavy (non-hydrogen) atoms. The number of nitrogen functional groups attached to an aromatic ring is 1. The number of hydrogen-bond acceptors (Lipinski definition) is 4. The molecule has 0 bridgehead atoms. The van der Waals surface area contributed by atoms with Crippen molar-refractivity contribution in [3.05, 3.63) is 53.8 Å². The molecule has 6 nitrogen and oxygen atoms in total. The van der Waals surface area contributed by atoms with Crippen LogP contribution in [0.15, 0.2) is 47.4 Å². The van der Waals surface area contributed by atoms with Gasteiger partial charge in [-0.3, -0.25) is 9.52 Å². The van der Waals surface area contributed by atoms with Gasteiger partial charge in [0.2, 0.25) is 5.91 Å². The summed E-state index contributed by atoms with van der Waals surface area (Å²) in [6.45, 7) is 0. The summed E-state index contributed by atoms with van der Waals surface area (Å²) in [6, 6.07) is 8.63. The molecule has 0 spiro atoms. The van der Waals surface area contributed by atoms with Gasteiger partial charge in [0, 0.05) is 11.3 Å². The second-order valence-corrected chi connectivity index (χ2v) is 5.88. The second kappa shape index (κ2) is 5.41. The molecule has 2 rings (SSSR count). The number of sulfonamides is 1. The molecule has 0 aliphatic rings. The zero-order valence-corrected chi connectivity index (χ0v) is 11.5. The number of benzene rings is 2. The predicted molar refractivity (Wildman–Crippen MR) is 76.6 cm³/mol. The van der Waals surface area contributed by atoms with Gasteiger partial charge in [0.25, 0.3) is 10.0 Å². The molecular weight excluding hydrogens is 297 g/mol. The van der Waals surface area contributed by atoms with E-state index in [1.807, 2.05) is 0 Å². The average Bonchev–Trinajstić information content (AvgIpc) is 2.37. The van der Waals surface area contributed by atoms with Crippen LogP contribution >= 0.6 is 0 Å². The van der Waals surface area contributed by atoms with E-state index >= 15 is 0 Å². The topological polar surface area (TPSA) is 115 Å². The van der Waals surface area contributed by atoms with Gasteiger partial charge in [-0.25, -0.2) is 12.8 Å². The molecule has 0 saturated heterocycles. The highest BCUT2D eigenvalue weighted by molar-refractivity contribution is 7.92. The number of carbonyl (C=O) groups is 1. The lowest BCUT2D eigenvalue weighted by Gasteiger charge is -2.10. The minimum Gasteiger partial charge on any atom is -0.398 e. The first kappa shape index (κ1) is 14.8. The number of carbonyl (C=O) groups excluding carboxylic acids is 1. The van der Waals surface area contributed by atoms with Gasteiger partial charge in [-0.2, -0.15) is 0 Å². The predicted octanol–water partition coefficient (Wildman–Crippen LogP) is 1.31. The minimum atomic E-state index is -4.00. The molecule has 2 aromatic rings. The first-order valence-corrected chi connectivity index (χ1v) is 7.25. The largest absolute Gasteiger partial charge is 0.398 e. The minimum absolute atomic E-state index is 0.148. The van der Waals surface area contributed by atoms with Crippen molar-refractivity contribution in [2.75, 3.05) is 10.5 Å². The van der Waals surface area contributed by atoms with Crippen LogP contribution in [0.4, 0.5) is 15.8 Å². The van der Waals surface area contributed by atoms with Gasteiger partial charge < -0.3 is 11.5 Å². The van der Waals surface area contributed by atoms with Gasteiger partial charge in [-0.05, 0) is 36.4 Å². The van der Waals surface area contributed by atoms with E-state index in [1.165, 1.54) is 24.3 Å². The van der Waals surface area contributed by atoms with Crippen LogP contribution in [0, 0.1) is 5.82 Å². The summed E-state index contributed by atoms with van der Waals surface area (Å²) >= 11 is 0. The maximum atomic E-state index is 13.0. The van der Waals surface area contributed by atoms with Gasteiger partial charge in [0.15, 0.2) is 0 Å². The number of halogens is 1. The number of anilines is 2. The molecule has 0 aliphatic carbocycles. The summed E-state index contributed by atoms with van der Waals surface area (Å²) in [5, 5.41) is 0. The van der Waals surface area contributed by atoms with Crippen molar-refractivity contribution >= 4 is 27.3 Å². The lowest BCUT2D eigenvalue weighted by Crippen LogP contribution is -2.16. The molecule has 0 fully saturated rings. The highest BCUT2D eigenvalue weighted by Gasteiger charge is 2.18. The fourth-order valence-corrected chi connectivity index (χ4v) is 2.87. The van der Waals surface area contributed by atoms with Crippen molar-refractivity contribution in [2.24, 2.45) is 5.73 Å². The third-order valence-corrected chi connectivity index (χ3v) is 4.12. The van der Waals surface area contributed by atoms with E-state index in [-0.39, 0.29) is 21.8 Å². The van der Waals surface area contributed by atoms with Gasteiger partial charge >= 0.3 is 0 Å². The third kappa shape index (κ3) is 3.29. The molecule has 110 valence electrons. The van der Waals surface area contributed by atoms with Crippen molar-refractivity contribution in [3.63, 3.8) is 0 Å². The van der Waals surface area contributed by atoms with E-state index in [0.717, 1.165) is 18.2 Å². The van der Waals surface area contributed by atoms with Gasteiger partial charge in [-0.1, -0.05) is 6.07 Å². The third-order valence-electron chi connectivity index (χ3n) is 2.66. The lowest BCUT2D eigenvalue weighted by molar-refractivity contribution is 0.100. The Balaban J connectivity index is 2.37. The normalized spacial score (nSPS) is 11.1. The number of nitrogens with two attached hydrogens (primary N) is 2. The fourth-order valence-electron chi connectivity index (χ4n) is 1.71. The maximum Gasteiger partial charge on any atom is 0.263 e. The summed E-state index contributed by atoms with van der Waals surface area (Å²) in [6.07, 6.45) is 0. The molecule has 0 unspecified atom stereocenters. The highest BCUT2D eigenvalue weighted by atomic mass is 32.2. The van der Waals surface area contributed by atoms with Crippen molar-refractivity contribution in [2.45, 2.75) is 4.90 Å². The number of nitrogens with one attached hydrogen (secondary N) is 1. The van der Waals surface area contributed by atoms with Crippen molar-refractivity contribution in [1.29, 1.82) is 0 Å².